The van der Waals surface area contributed by atoms with Crippen LogP contribution in [0.4, 0.5) is 11.4 Å². The minimum absolute atomic E-state index is 0.116. The third kappa shape index (κ3) is 11.3. The summed E-state index contributed by atoms with van der Waals surface area (Å²) in [5, 5.41) is 52.5. The number of hydrogen-bond donors (Lipinski definition) is 8. The van der Waals surface area contributed by atoms with E-state index in [1.54, 1.807) is 38.1 Å². The van der Waals surface area contributed by atoms with E-state index >= 15 is 0 Å². The number of aliphatic hydroxyl groups excluding tert-OH is 2. The van der Waals surface area contributed by atoms with Gasteiger partial charge < -0.3 is 41.7 Å². The van der Waals surface area contributed by atoms with Crippen molar-refractivity contribution in [1.29, 1.82) is 0 Å². The fourth-order valence-corrected chi connectivity index (χ4v) is 5.18. The van der Waals surface area contributed by atoms with Crippen molar-refractivity contribution in [3.63, 3.8) is 0 Å². The number of phenols is 2. The van der Waals surface area contributed by atoms with Crippen molar-refractivity contribution < 1.29 is 20.4 Å². The van der Waals surface area contributed by atoms with Crippen molar-refractivity contribution in [3.8, 4) is 11.5 Å². The molecule has 2 atom stereocenters. The van der Waals surface area contributed by atoms with Crippen LogP contribution < -0.4 is 21.3 Å². The molecule has 0 aliphatic heterocycles. The first-order valence-electron chi connectivity index (χ1n) is 14.4. The average molecular weight is 702 g/mol. The van der Waals surface area contributed by atoms with Crippen LogP contribution in [0.5, 0.6) is 11.5 Å². The van der Waals surface area contributed by atoms with Crippen molar-refractivity contribution in [1.82, 2.24) is 10.6 Å². The van der Waals surface area contributed by atoms with Crippen LogP contribution >= 0.6 is 47.6 Å². The molecule has 0 aromatic heterocycles. The van der Waals surface area contributed by atoms with Crippen molar-refractivity contribution in [2.45, 2.75) is 45.9 Å². The molecule has 0 amide bonds. The molecule has 0 aliphatic rings. The molecule has 244 valence electrons. The summed E-state index contributed by atoms with van der Waals surface area (Å²) in [7, 11) is 0. The molecule has 0 spiro atoms. The van der Waals surface area contributed by atoms with Gasteiger partial charge in [0, 0.05) is 35.6 Å². The van der Waals surface area contributed by atoms with Gasteiger partial charge in [0.05, 0.1) is 22.3 Å². The molecule has 4 aromatic carbocycles. The molecule has 0 aliphatic carbocycles. The maximum Gasteiger partial charge on any atom is 0.171 e. The molecule has 0 heterocycles. The van der Waals surface area contributed by atoms with E-state index in [-0.39, 0.29) is 21.5 Å². The number of anilines is 2. The van der Waals surface area contributed by atoms with E-state index in [1.807, 2.05) is 49.4 Å². The fourth-order valence-electron chi connectivity index (χ4n) is 4.32. The molecular formula is C34H38Cl2N4O4S2. The smallest absolute Gasteiger partial charge is 0.171 e. The van der Waals surface area contributed by atoms with Gasteiger partial charge in [-0.2, -0.15) is 0 Å². The first kappa shape index (κ1) is 36.8. The topological polar surface area (TPSA) is 129 Å². The Morgan fingerprint density at radius 2 is 1.20 bits per heavy atom. The summed E-state index contributed by atoms with van der Waals surface area (Å²) in [4.78, 5) is 0. The predicted octanol–water partition coefficient (Wildman–Crippen LogP) is 7.52. The number of thiocarbonyl (C=S) groups is 2. The number of nitrogens with one attached hydrogen (secondary N) is 4. The van der Waals surface area contributed by atoms with Crippen molar-refractivity contribution in [2.75, 3.05) is 17.2 Å². The van der Waals surface area contributed by atoms with Crippen molar-refractivity contribution in [3.05, 3.63) is 117 Å². The number of benzene rings is 4. The lowest BCUT2D eigenvalue weighted by Gasteiger charge is -2.15. The standard InChI is InChI=1S/2C17H19ClN2O2S/c1-10-5-3-4-6-12(10)9-19-17(23)20-13-7-14(11(2)21)16(22)15(18)8-13;1-11(21)14-9-13(10-15(18)16(14)22)20-17(23)19-8-7-12-5-3-2-4-6-12/h3-8,11,21-22H,9H2,1-2H3,(H2,19,20,23);2-6,9-11,21-22H,7-8H2,1H3,(H2,19,20,23). The summed E-state index contributed by atoms with van der Waals surface area (Å²) in [6, 6.07) is 24.5. The molecular weight excluding hydrogens is 663 g/mol. The zero-order valence-corrected chi connectivity index (χ0v) is 28.8. The Morgan fingerprint density at radius 3 is 1.70 bits per heavy atom. The lowest BCUT2D eigenvalue weighted by Crippen LogP contribution is -2.30. The van der Waals surface area contributed by atoms with Gasteiger partial charge in [0.25, 0.3) is 0 Å². The molecule has 0 bridgehead atoms. The Balaban J connectivity index is 0.000000250. The summed E-state index contributed by atoms with van der Waals surface area (Å²) in [5.74, 6) is -0.235. The van der Waals surface area contributed by atoms with E-state index in [2.05, 4.69) is 33.4 Å². The highest BCUT2D eigenvalue weighted by molar-refractivity contribution is 7.80. The molecule has 2 unspecified atom stereocenters. The monoisotopic (exact) mass is 700 g/mol. The summed E-state index contributed by atoms with van der Waals surface area (Å²) in [5.41, 5.74) is 5.49. The van der Waals surface area contributed by atoms with Gasteiger partial charge >= 0.3 is 0 Å². The van der Waals surface area contributed by atoms with Crippen molar-refractivity contribution in [2.24, 2.45) is 0 Å². The first-order valence-corrected chi connectivity index (χ1v) is 16.0. The SMILES string of the molecule is CC(O)c1cc(NC(=S)NCCc2ccccc2)cc(Cl)c1O.Cc1ccccc1CNC(=S)Nc1cc(Cl)c(O)c(C(C)O)c1. The van der Waals surface area contributed by atoms with Gasteiger partial charge in [0.15, 0.2) is 10.2 Å². The summed E-state index contributed by atoms with van der Waals surface area (Å²) in [6.45, 7) is 6.47. The fraction of sp³-hybridized carbons (Fsp3) is 0.235. The normalized spacial score (nSPS) is 11.8. The molecule has 0 fully saturated rings. The van der Waals surface area contributed by atoms with Gasteiger partial charge in [-0.15, -0.1) is 0 Å². The molecule has 8 N–H and O–H groups in total. The number of phenolic OH excluding ortho intramolecular Hbond substituents is 2. The average Bonchev–Trinajstić information content (AvgIpc) is 3.00. The van der Waals surface area contributed by atoms with E-state index in [9.17, 15) is 20.4 Å². The van der Waals surface area contributed by atoms with Gasteiger partial charge in [-0.3, -0.25) is 0 Å². The van der Waals surface area contributed by atoms with E-state index in [0.29, 0.717) is 45.8 Å². The molecule has 4 aromatic rings. The van der Waals surface area contributed by atoms with Crippen LogP contribution in [0, 0.1) is 6.92 Å². The van der Waals surface area contributed by atoms with E-state index in [1.165, 1.54) is 11.1 Å². The van der Waals surface area contributed by atoms with Crippen LogP contribution in [-0.4, -0.2) is 37.2 Å². The lowest BCUT2D eigenvalue weighted by molar-refractivity contribution is 0.194. The highest BCUT2D eigenvalue weighted by atomic mass is 35.5. The van der Waals surface area contributed by atoms with Crippen LogP contribution in [0.3, 0.4) is 0 Å². The van der Waals surface area contributed by atoms with Gasteiger partial charge in [0.1, 0.15) is 11.5 Å². The molecule has 0 radical (unpaired) electrons. The first-order chi connectivity index (χ1) is 21.8. The molecule has 4 rings (SSSR count). The van der Waals surface area contributed by atoms with Gasteiger partial charge in [-0.1, -0.05) is 77.8 Å². The quantitative estimate of drug-likeness (QED) is 0.0656. The van der Waals surface area contributed by atoms with Crippen LogP contribution in [0.1, 0.15) is 53.9 Å². The van der Waals surface area contributed by atoms with E-state index < -0.39 is 12.2 Å². The van der Waals surface area contributed by atoms with E-state index in [0.717, 1.165) is 12.0 Å². The number of aliphatic hydroxyl groups is 2. The molecule has 0 saturated heterocycles. The van der Waals surface area contributed by atoms with Crippen molar-refractivity contribution >= 4 is 69.2 Å². The Kier molecular flexibility index (Phi) is 14.3. The van der Waals surface area contributed by atoms with Crippen LogP contribution in [-0.2, 0) is 13.0 Å². The third-order valence-corrected chi connectivity index (χ3v) is 7.91. The third-order valence-electron chi connectivity index (χ3n) is 6.84. The Hall–Kier alpha value is -3.64. The number of rotatable bonds is 9. The number of hydrogen-bond acceptors (Lipinski definition) is 6. The second-order valence-electron chi connectivity index (χ2n) is 10.5. The van der Waals surface area contributed by atoms with Crippen LogP contribution in [0.15, 0.2) is 78.9 Å². The summed E-state index contributed by atoms with van der Waals surface area (Å²) in [6.07, 6.45) is -0.797. The maximum atomic E-state index is 9.84. The maximum absolute atomic E-state index is 9.84. The lowest BCUT2D eigenvalue weighted by atomic mass is 10.1. The van der Waals surface area contributed by atoms with Gasteiger partial charge in [-0.25, -0.2) is 0 Å². The minimum Gasteiger partial charge on any atom is -0.506 e. The Morgan fingerprint density at radius 1 is 0.717 bits per heavy atom. The Bertz CT molecular complexity index is 1640. The predicted molar refractivity (Wildman–Crippen MR) is 196 cm³/mol. The van der Waals surface area contributed by atoms with Gasteiger partial charge in [0.2, 0.25) is 0 Å². The van der Waals surface area contributed by atoms with Crippen LogP contribution in [0.2, 0.25) is 10.0 Å². The zero-order valence-electron chi connectivity index (χ0n) is 25.6. The summed E-state index contributed by atoms with van der Waals surface area (Å²) >= 11 is 22.5. The molecule has 0 saturated carbocycles. The molecule has 12 heteroatoms. The number of aryl methyl sites for hydroxylation is 1. The molecule has 8 nitrogen and oxygen atoms in total. The Labute approximate surface area is 290 Å². The second kappa shape index (κ2) is 17.9. The largest absolute Gasteiger partial charge is 0.506 e. The van der Waals surface area contributed by atoms with E-state index in [4.69, 9.17) is 47.6 Å². The zero-order chi connectivity index (χ0) is 33.8. The second-order valence-corrected chi connectivity index (χ2v) is 12.1. The minimum atomic E-state index is -0.831. The number of halogens is 2. The van der Waals surface area contributed by atoms with Gasteiger partial charge in [-0.05, 0) is 92.6 Å². The summed E-state index contributed by atoms with van der Waals surface area (Å²) < 4.78 is 0. The molecule has 46 heavy (non-hydrogen) atoms. The van der Waals surface area contributed by atoms with Crippen LogP contribution in [0.25, 0.3) is 0 Å². The number of aromatic hydroxyl groups is 2. The highest BCUT2D eigenvalue weighted by Crippen LogP contribution is 2.36. The highest BCUT2D eigenvalue weighted by Gasteiger charge is 2.14.